The van der Waals surface area contributed by atoms with E-state index < -0.39 is 0 Å². The van der Waals surface area contributed by atoms with Crippen LogP contribution in [0.15, 0.2) is 12.1 Å². The minimum absolute atomic E-state index is 0.115. The highest BCUT2D eigenvalue weighted by Crippen LogP contribution is 2.34. The van der Waals surface area contributed by atoms with Crippen LogP contribution in [-0.4, -0.2) is 54.7 Å². The predicted molar refractivity (Wildman–Crippen MR) is 92.6 cm³/mol. The molecule has 3 rings (SSSR count). The molecule has 2 aliphatic heterocycles. The summed E-state index contributed by atoms with van der Waals surface area (Å²) in [6.07, 6.45) is 1.22. The summed E-state index contributed by atoms with van der Waals surface area (Å²) in [5.74, 6) is 1.41. The summed E-state index contributed by atoms with van der Waals surface area (Å²) in [6.45, 7) is 7.29. The summed E-state index contributed by atoms with van der Waals surface area (Å²) in [7, 11) is 0. The number of amides is 3. The lowest BCUT2D eigenvalue weighted by Gasteiger charge is -2.34. The number of imide groups is 1. The molecule has 1 fully saturated rings. The highest BCUT2D eigenvalue weighted by Gasteiger charge is 2.29. The van der Waals surface area contributed by atoms with Crippen molar-refractivity contribution in [3.63, 3.8) is 0 Å². The first-order valence-electron chi connectivity index (χ1n) is 8.84. The van der Waals surface area contributed by atoms with Gasteiger partial charge in [0.15, 0.2) is 11.5 Å². The summed E-state index contributed by atoms with van der Waals surface area (Å²) < 4.78 is 11.4. The monoisotopic (exact) mass is 347 g/mol. The number of nitrogens with zero attached hydrogens (tertiary/aromatic N) is 2. The minimum Gasteiger partial charge on any atom is -0.490 e. The maximum absolute atomic E-state index is 12.0. The second kappa shape index (κ2) is 7.74. The standard InChI is InChI=1S/C18H25N3O4/c1-3-24-15-9-13-6-8-20(11-14(13)10-16(15)25-4-2)12-21-17(22)5-7-19-18(21)23/h9-10H,3-8,11-12H2,1-2H3,(H,19,23). The molecule has 0 radical (unpaired) electrons. The van der Waals surface area contributed by atoms with Crippen molar-refractivity contribution in [2.75, 3.05) is 33.0 Å². The van der Waals surface area contributed by atoms with Gasteiger partial charge in [0.2, 0.25) is 5.91 Å². The van der Waals surface area contributed by atoms with E-state index >= 15 is 0 Å². The lowest BCUT2D eigenvalue weighted by molar-refractivity contribution is -0.131. The number of ether oxygens (including phenoxy) is 2. The molecule has 0 aliphatic carbocycles. The fraction of sp³-hybridized carbons (Fsp3) is 0.556. The molecule has 0 atom stereocenters. The Balaban J connectivity index is 1.75. The smallest absolute Gasteiger partial charge is 0.325 e. The van der Waals surface area contributed by atoms with Crippen molar-refractivity contribution in [2.24, 2.45) is 0 Å². The average Bonchev–Trinajstić information content (AvgIpc) is 2.59. The van der Waals surface area contributed by atoms with Crippen molar-refractivity contribution in [1.82, 2.24) is 15.1 Å². The quantitative estimate of drug-likeness (QED) is 0.849. The van der Waals surface area contributed by atoms with Gasteiger partial charge in [-0.3, -0.25) is 14.6 Å². The van der Waals surface area contributed by atoms with Gasteiger partial charge in [0.1, 0.15) is 0 Å². The summed E-state index contributed by atoms with van der Waals surface area (Å²) in [5.41, 5.74) is 2.39. The Labute approximate surface area is 147 Å². The van der Waals surface area contributed by atoms with Gasteiger partial charge in [-0.25, -0.2) is 4.79 Å². The number of fused-ring (bicyclic) bond motifs is 1. The molecule has 0 saturated carbocycles. The maximum atomic E-state index is 12.0. The van der Waals surface area contributed by atoms with E-state index in [0.717, 1.165) is 30.0 Å². The molecule has 25 heavy (non-hydrogen) atoms. The van der Waals surface area contributed by atoms with E-state index in [1.165, 1.54) is 10.5 Å². The first-order chi connectivity index (χ1) is 12.1. The number of benzene rings is 1. The van der Waals surface area contributed by atoms with Gasteiger partial charge in [-0.15, -0.1) is 0 Å². The molecular formula is C18H25N3O4. The number of rotatable bonds is 6. The number of hydrogen-bond acceptors (Lipinski definition) is 5. The van der Waals surface area contributed by atoms with Crippen molar-refractivity contribution in [3.8, 4) is 11.5 Å². The average molecular weight is 347 g/mol. The Hall–Kier alpha value is -2.28. The van der Waals surface area contributed by atoms with Crippen LogP contribution in [0, 0.1) is 0 Å². The highest BCUT2D eigenvalue weighted by molar-refractivity contribution is 5.96. The molecule has 2 heterocycles. The topological polar surface area (TPSA) is 71.1 Å². The molecule has 0 bridgehead atoms. The highest BCUT2D eigenvalue weighted by atomic mass is 16.5. The summed E-state index contributed by atoms with van der Waals surface area (Å²) >= 11 is 0. The molecule has 1 aromatic carbocycles. The molecule has 1 N–H and O–H groups in total. The van der Waals surface area contributed by atoms with E-state index in [1.807, 2.05) is 19.9 Å². The Bertz CT molecular complexity index is 646. The Morgan fingerprint density at radius 1 is 1.04 bits per heavy atom. The number of carbonyl (C=O) groups is 2. The van der Waals surface area contributed by atoms with Crippen LogP contribution in [0.2, 0.25) is 0 Å². The maximum Gasteiger partial charge on any atom is 0.325 e. The Morgan fingerprint density at radius 2 is 1.72 bits per heavy atom. The second-order valence-corrected chi connectivity index (χ2v) is 6.18. The Kier molecular flexibility index (Phi) is 5.43. The zero-order valence-corrected chi connectivity index (χ0v) is 14.8. The van der Waals surface area contributed by atoms with Gasteiger partial charge in [-0.2, -0.15) is 0 Å². The summed E-state index contributed by atoms with van der Waals surface area (Å²) in [4.78, 5) is 27.3. The van der Waals surface area contributed by atoms with Crippen molar-refractivity contribution in [3.05, 3.63) is 23.3 Å². The van der Waals surface area contributed by atoms with Crippen molar-refractivity contribution in [1.29, 1.82) is 0 Å². The fourth-order valence-electron chi connectivity index (χ4n) is 3.24. The van der Waals surface area contributed by atoms with Gasteiger partial charge in [0.05, 0.1) is 19.9 Å². The zero-order valence-electron chi connectivity index (χ0n) is 14.8. The molecule has 3 amide bonds. The third kappa shape index (κ3) is 3.87. The molecule has 7 nitrogen and oxygen atoms in total. The van der Waals surface area contributed by atoms with Crippen LogP contribution in [0.1, 0.15) is 31.4 Å². The van der Waals surface area contributed by atoms with Gasteiger partial charge < -0.3 is 14.8 Å². The third-order valence-corrected chi connectivity index (χ3v) is 4.46. The summed E-state index contributed by atoms with van der Waals surface area (Å²) in [6, 6.07) is 3.78. The van der Waals surface area contributed by atoms with Gasteiger partial charge >= 0.3 is 6.03 Å². The lowest BCUT2D eigenvalue weighted by Crippen LogP contribution is -2.54. The van der Waals surface area contributed by atoms with E-state index in [9.17, 15) is 9.59 Å². The number of hydrogen-bond donors (Lipinski definition) is 1. The normalized spacial score (nSPS) is 17.9. The lowest BCUT2D eigenvalue weighted by atomic mass is 9.99. The van der Waals surface area contributed by atoms with Gasteiger partial charge in [-0.05, 0) is 43.5 Å². The molecule has 0 aromatic heterocycles. The van der Waals surface area contributed by atoms with Crippen LogP contribution in [-0.2, 0) is 17.8 Å². The van der Waals surface area contributed by atoms with Crippen molar-refractivity contribution < 1.29 is 19.1 Å². The second-order valence-electron chi connectivity index (χ2n) is 6.18. The van der Waals surface area contributed by atoms with Crippen molar-refractivity contribution >= 4 is 11.9 Å². The molecule has 1 aromatic rings. The SMILES string of the molecule is CCOc1cc2c(cc1OCC)CN(CN1C(=O)CCNC1=O)CC2. The Morgan fingerprint density at radius 3 is 2.36 bits per heavy atom. The minimum atomic E-state index is -0.302. The molecule has 0 unspecified atom stereocenters. The molecule has 1 saturated heterocycles. The van der Waals surface area contributed by atoms with Crippen LogP contribution in [0.5, 0.6) is 11.5 Å². The largest absolute Gasteiger partial charge is 0.490 e. The molecule has 136 valence electrons. The molecular weight excluding hydrogens is 322 g/mol. The van der Waals surface area contributed by atoms with E-state index in [1.54, 1.807) is 0 Å². The van der Waals surface area contributed by atoms with E-state index in [2.05, 4.69) is 16.3 Å². The molecule has 2 aliphatic rings. The van der Waals surface area contributed by atoms with Crippen LogP contribution in [0.4, 0.5) is 4.79 Å². The van der Waals surface area contributed by atoms with Crippen LogP contribution < -0.4 is 14.8 Å². The molecule has 0 spiro atoms. The number of carbonyl (C=O) groups excluding carboxylic acids is 2. The third-order valence-electron chi connectivity index (χ3n) is 4.46. The van der Waals surface area contributed by atoms with E-state index in [4.69, 9.17) is 9.47 Å². The predicted octanol–water partition coefficient (Wildman–Crippen LogP) is 1.74. The van der Waals surface area contributed by atoms with E-state index in [-0.39, 0.29) is 11.9 Å². The summed E-state index contributed by atoms with van der Waals surface area (Å²) in [5, 5.41) is 2.72. The van der Waals surface area contributed by atoms with Crippen LogP contribution >= 0.6 is 0 Å². The van der Waals surface area contributed by atoms with Crippen LogP contribution in [0.25, 0.3) is 0 Å². The van der Waals surface area contributed by atoms with E-state index in [0.29, 0.717) is 39.4 Å². The van der Waals surface area contributed by atoms with Crippen molar-refractivity contribution in [2.45, 2.75) is 33.2 Å². The van der Waals surface area contributed by atoms with Gasteiger partial charge in [0.25, 0.3) is 0 Å². The molecule has 7 heteroatoms. The zero-order chi connectivity index (χ0) is 17.8. The first kappa shape index (κ1) is 17.5. The van der Waals surface area contributed by atoms with Gasteiger partial charge in [-0.1, -0.05) is 0 Å². The van der Waals surface area contributed by atoms with Crippen LogP contribution in [0.3, 0.4) is 0 Å². The van der Waals surface area contributed by atoms with Gasteiger partial charge in [0, 0.05) is 26.1 Å². The number of urea groups is 1. The number of nitrogens with one attached hydrogen (secondary N) is 1. The first-order valence-corrected chi connectivity index (χ1v) is 8.84. The fourth-order valence-corrected chi connectivity index (χ4v) is 3.24.